The number of carbonyl (C=O) groups excluding carboxylic acids is 1. The molecule has 1 amide bonds. The number of amides is 1. The van der Waals surface area contributed by atoms with Gasteiger partial charge in [0.25, 0.3) is 0 Å². The lowest BCUT2D eigenvalue weighted by Gasteiger charge is -2.10. The van der Waals surface area contributed by atoms with Crippen molar-refractivity contribution in [2.75, 3.05) is 13.2 Å². The van der Waals surface area contributed by atoms with E-state index in [1.807, 2.05) is 0 Å². The van der Waals surface area contributed by atoms with E-state index in [4.69, 9.17) is 10.5 Å². The van der Waals surface area contributed by atoms with Gasteiger partial charge in [0.15, 0.2) is 0 Å². The normalized spacial score (nSPS) is 37.5. The maximum absolute atomic E-state index is 11.3. The number of nitrogens with two attached hydrogens (primary N) is 1. The third-order valence-electron chi connectivity index (χ3n) is 2.70. The standard InChI is InChI=1S/C9H16N2O2/c10-8-4-7(8)9(12)11-5-6-2-1-3-13-6/h6-8H,1-5,10H2,(H,11,12). The molecule has 13 heavy (non-hydrogen) atoms. The lowest BCUT2D eigenvalue weighted by molar-refractivity contribution is -0.122. The Bertz CT molecular complexity index is 202. The molecular formula is C9H16N2O2. The summed E-state index contributed by atoms with van der Waals surface area (Å²) in [5.74, 6) is 0.171. The monoisotopic (exact) mass is 184 g/mol. The Morgan fingerprint density at radius 1 is 1.62 bits per heavy atom. The molecule has 74 valence electrons. The molecule has 0 aromatic heterocycles. The van der Waals surface area contributed by atoms with Gasteiger partial charge in [-0.05, 0) is 19.3 Å². The van der Waals surface area contributed by atoms with Gasteiger partial charge >= 0.3 is 0 Å². The summed E-state index contributed by atoms with van der Waals surface area (Å²) >= 11 is 0. The molecule has 0 radical (unpaired) electrons. The lowest BCUT2D eigenvalue weighted by atomic mass is 10.2. The number of ether oxygens (including phenoxy) is 1. The summed E-state index contributed by atoms with van der Waals surface area (Å²) in [5.41, 5.74) is 5.56. The Labute approximate surface area is 77.8 Å². The van der Waals surface area contributed by atoms with Crippen LogP contribution in [0.3, 0.4) is 0 Å². The predicted octanol–water partition coefficient (Wildman–Crippen LogP) is -0.371. The van der Waals surface area contributed by atoms with Crippen LogP contribution in [-0.2, 0) is 9.53 Å². The summed E-state index contributed by atoms with van der Waals surface area (Å²) in [6, 6.07) is 0.101. The molecule has 0 aromatic carbocycles. The molecule has 1 saturated carbocycles. The van der Waals surface area contributed by atoms with E-state index in [-0.39, 0.29) is 24.0 Å². The SMILES string of the molecule is NC1CC1C(=O)NCC1CCCO1. The van der Waals surface area contributed by atoms with E-state index in [0.717, 1.165) is 25.9 Å². The van der Waals surface area contributed by atoms with Gasteiger partial charge in [-0.2, -0.15) is 0 Å². The van der Waals surface area contributed by atoms with Crippen molar-refractivity contribution in [1.29, 1.82) is 0 Å². The van der Waals surface area contributed by atoms with E-state index in [1.165, 1.54) is 0 Å². The van der Waals surface area contributed by atoms with E-state index in [9.17, 15) is 4.79 Å². The molecule has 4 nitrogen and oxygen atoms in total. The molecule has 2 rings (SSSR count). The van der Waals surface area contributed by atoms with Crippen molar-refractivity contribution in [3.8, 4) is 0 Å². The topological polar surface area (TPSA) is 64.4 Å². The van der Waals surface area contributed by atoms with Crippen molar-refractivity contribution in [2.24, 2.45) is 11.7 Å². The maximum Gasteiger partial charge on any atom is 0.224 e. The second kappa shape index (κ2) is 3.64. The highest BCUT2D eigenvalue weighted by molar-refractivity contribution is 5.82. The van der Waals surface area contributed by atoms with Gasteiger partial charge in [-0.3, -0.25) is 4.79 Å². The molecule has 1 heterocycles. The van der Waals surface area contributed by atoms with Crippen LogP contribution in [0, 0.1) is 5.92 Å². The molecule has 2 fully saturated rings. The summed E-state index contributed by atoms with van der Waals surface area (Å²) in [5, 5.41) is 2.87. The highest BCUT2D eigenvalue weighted by Crippen LogP contribution is 2.27. The van der Waals surface area contributed by atoms with Crippen LogP contribution in [0.15, 0.2) is 0 Å². The van der Waals surface area contributed by atoms with Crippen LogP contribution in [-0.4, -0.2) is 31.2 Å². The fourth-order valence-electron chi connectivity index (χ4n) is 1.67. The number of rotatable bonds is 3. The van der Waals surface area contributed by atoms with Gasteiger partial charge < -0.3 is 15.8 Å². The van der Waals surface area contributed by atoms with Crippen molar-refractivity contribution in [2.45, 2.75) is 31.4 Å². The minimum absolute atomic E-state index is 0.0707. The lowest BCUT2D eigenvalue weighted by Crippen LogP contribution is -2.34. The third kappa shape index (κ3) is 2.19. The molecule has 1 aliphatic carbocycles. The first-order chi connectivity index (χ1) is 6.27. The first kappa shape index (κ1) is 8.97. The summed E-state index contributed by atoms with van der Waals surface area (Å²) in [4.78, 5) is 11.3. The van der Waals surface area contributed by atoms with Crippen LogP contribution in [0.25, 0.3) is 0 Å². The molecule has 3 unspecified atom stereocenters. The fraction of sp³-hybridized carbons (Fsp3) is 0.889. The average Bonchev–Trinajstić information content (AvgIpc) is 2.68. The smallest absolute Gasteiger partial charge is 0.224 e. The highest BCUT2D eigenvalue weighted by Gasteiger charge is 2.39. The van der Waals surface area contributed by atoms with Gasteiger partial charge in [-0.15, -0.1) is 0 Å². The zero-order chi connectivity index (χ0) is 9.26. The van der Waals surface area contributed by atoms with Crippen molar-refractivity contribution in [3.63, 3.8) is 0 Å². The Hall–Kier alpha value is -0.610. The van der Waals surface area contributed by atoms with Gasteiger partial charge in [-0.1, -0.05) is 0 Å². The quantitative estimate of drug-likeness (QED) is 0.629. The Morgan fingerprint density at radius 3 is 2.92 bits per heavy atom. The van der Waals surface area contributed by atoms with Crippen LogP contribution in [0.5, 0.6) is 0 Å². The van der Waals surface area contributed by atoms with Crippen LogP contribution < -0.4 is 11.1 Å². The number of hydrogen-bond acceptors (Lipinski definition) is 3. The Morgan fingerprint density at radius 2 is 2.38 bits per heavy atom. The average molecular weight is 184 g/mol. The van der Waals surface area contributed by atoms with Crippen LogP contribution in [0.2, 0.25) is 0 Å². The van der Waals surface area contributed by atoms with E-state index in [2.05, 4.69) is 5.32 Å². The van der Waals surface area contributed by atoms with Crippen LogP contribution in [0.1, 0.15) is 19.3 Å². The first-order valence-corrected chi connectivity index (χ1v) is 4.92. The Kier molecular flexibility index (Phi) is 2.51. The molecule has 3 atom stereocenters. The zero-order valence-electron chi connectivity index (χ0n) is 7.66. The van der Waals surface area contributed by atoms with E-state index in [0.29, 0.717) is 6.54 Å². The van der Waals surface area contributed by atoms with Crippen LogP contribution in [0.4, 0.5) is 0 Å². The van der Waals surface area contributed by atoms with E-state index in [1.54, 1.807) is 0 Å². The zero-order valence-corrected chi connectivity index (χ0v) is 7.66. The first-order valence-electron chi connectivity index (χ1n) is 4.92. The van der Waals surface area contributed by atoms with Gasteiger partial charge in [0.05, 0.1) is 12.0 Å². The van der Waals surface area contributed by atoms with Crippen molar-refractivity contribution in [3.05, 3.63) is 0 Å². The van der Waals surface area contributed by atoms with E-state index < -0.39 is 0 Å². The molecule has 0 bridgehead atoms. The largest absolute Gasteiger partial charge is 0.376 e. The minimum Gasteiger partial charge on any atom is -0.376 e. The molecule has 2 aliphatic rings. The predicted molar refractivity (Wildman–Crippen MR) is 48.1 cm³/mol. The maximum atomic E-state index is 11.3. The molecule has 4 heteroatoms. The third-order valence-corrected chi connectivity index (χ3v) is 2.70. The summed E-state index contributed by atoms with van der Waals surface area (Å²) in [6.07, 6.45) is 3.26. The number of nitrogens with one attached hydrogen (secondary N) is 1. The van der Waals surface area contributed by atoms with Gasteiger partial charge in [-0.25, -0.2) is 0 Å². The Balaban J connectivity index is 1.64. The highest BCUT2D eigenvalue weighted by atomic mass is 16.5. The van der Waals surface area contributed by atoms with E-state index >= 15 is 0 Å². The van der Waals surface area contributed by atoms with Crippen molar-refractivity contribution in [1.82, 2.24) is 5.32 Å². The number of hydrogen-bond donors (Lipinski definition) is 2. The molecular weight excluding hydrogens is 168 g/mol. The molecule has 0 aromatic rings. The molecule has 3 N–H and O–H groups in total. The summed E-state index contributed by atoms with van der Waals surface area (Å²) < 4.78 is 5.38. The fourth-order valence-corrected chi connectivity index (χ4v) is 1.67. The van der Waals surface area contributed by atoms with Gasteiger partial charge in [0.1, 0.15) is 0 Å². The summed E-state index contributed by atoms with van der Waals surface area (Å²) in [7, 11) is 0. The molecule has 0 spiro atoms. The minimum atomic E-state index is 0.0707. The second-order valence-electron chi connectivity index (χ2n) is 3.89. The van der Waals surface area contributed by atoms with Crippen molar-refractivity contribution < 1.29 is 9.53 Å². The summed E-state index contributed by atoms with van der Waals surface area (Å²) in [6.45, 7) is 1.49. The second-order valence-corrected chi connectivity index (χ2v) is 3.89. The van der Waals surface area contributed by atoms with Crippen LogP contribution >= 0.6 is 0 Å². The number of carbonyl (C=O) groups is 1. The molecule has 1 aliphatic heterocycles. The molecule has 1 saturated heterocycles. The van der Waals surface area contributed by atoms with Gasteiger partial charge in [0.2, 0.25) is 5.91 Å². The van der Waals surface area contributed by atoms with Gasteiger partial charge in [0, 0.05) is 19.2 Å². The van der Waals surface area contributed by atoms with Crippen molar-refractivity contribution >= 4 is 5.91 Å².